The molecule has 2 aromatic carbocycles. The summed E-state index contributed by atoms with van der Waals surface area (Å²) >= 11 is 5.69. The number of Topliss-reactive ketones (excluding diaryl/α,β-unsaturated/α-hetero) is 1. The van der Waals surface area contributed by atoms with E-state index in [2.05, 4.69) is 21.5 Å². The summed E-state index contributed by atoms with van der Waals surface area (Å²) in [5, 5.41) is -0.0220. The van der Waals surface area contributed by atoms with Crippen molar-refractivity contribution >= 4 is 40.1 Å². The van der Waals surface area contributed by atoms with Gasteiger partial charge in [-0.2, -0.15) is 0 Å². The Kier molecular flexibility index (Phi) is 5.75. The van der Waals surface area contributed by atoms with Crippen molar-refractivity contribution in [1.82, 2.24) is 4.98 Å². The first kappa shape index (κ1) is 20.0. The van der Waals surface area contributed by atoms with Gasteiger partial charge in [0.2, 0.25) is 5.78 Å². The van der Waals surface area contributed by atoms with Crippen LogP contribution in [0, 0.1) is 17.7 Å². The third kappa shape index (κ3) is 4.33. The highest BCUT2D eigenvalue weighted by Gasteiger charge is 2.27. The second kappa shape index (κ2) is 8.62. The first-order valence-corrected chi connectivity index (χ1v) is 10.5. The monoisotopic (exact) mass is 436 g/mol. The molecule has 1 unspecified atom stereocenters. The largest absolute Gasteiger partial charge is 0.300 e. The van der Waals surface area contributed by atoms with E-state index in [0.29, 0.717) is 28.8 Å². The molecule has 148 valence electrons. The molecule has 0 radical (unpaired) electrons. The van der Waals surface area contributed by atoms with E-state index >= 15 is 0 Å². The van der Waals surface area contributed by atoms with Crippen LogP contribution >= 0.6 is 11.6 Å². The summed E-state index contributed by atoms with van der Waals surface area (Å²) in [7, 11) is -1.76. The summed E-state index contributed by atoms with van der Waals surface area (Å²) in [6.07, 6.45) is 5.39. The Morgan fingerprint density at radius 3 is 2.83 bits per heavy atom. The van der Waals surface area contributed by atoms with Crippen LogP contribution in [-0.2, 0) is 17.4 Å². The molecular weight excluding hydrogens is 423 g/mol. The predicted octanol–water partition coefficient (Wildman–Crippen LogP) is 4.78. The normalized spacial score (nSPS) is 16.4. The second-order valence-corrected chi connectivity index (χ2v) is 8.07. The number of rotatable bonds is 2. The van der Waals surface area contributed by atoms with Crippen LogP contribution in [0.3, 0.4) is 0 Å². The van der Waals surface area contributed by atoms with Crippen LogP contribution in [0.15, 0.2) is 65.8 Å². The average molecular weight is 437 g/mol. The predicted molar refractivity (Wildman–Crippen MR) is 117 cm³/mol. The fraction of sp³-hybridized carbons (Fsp3) is 0.0435. The average Bonchev–Trinajstić information content (AvgIpc) is 2.75. The van der Waals surface area contributed by atoms with Gasteiger partial charge in [0.15, 0.2) is 11.0 Å². The van der Waals surface area contributed by atoms with Crippen molar-refractivity contribution in [2.24, 2.45) is 0 Å². The lowest BCUT2D eigenvalue weighted by Gasteiger charge is -2.19. The van der Waals surface area contributed by atoms with Gasteiger partial charge < -0.3 is 4.72 Å². The van der Waals surface area contributed by atoms with Crippen molar-refractivity contribution in [1.29, 1.82) is 0 Å². The van der Waals surface area contributed by atoms with Crippen molar-refractivity contribution in [2.75, 3.05) is 4.72 Å². The van der Waals surface area contributed by atoms with E-state index in [0.717, 1.165) is 5.56 Å². The highest BCUT2D eigenvalue weighted by atomic mass is 35.5. The maximum atomic E-state index is 13.7. The third-order valence-corrected chi connectivity index (χ3v) is 5.79. The van der Waals surface area contributed by atoms with Crippen molar-refractivity contribution in [3.8, 4) is 11.8 Å². The summed E-state index contributed by atoms with van der Waals surface area (Å²) in [6, 6.07) is 13.0. The molecule has 3 aromatic rings. The van der Waals surface area contributed by atoms with Crippen molar-refractivity contribution in [3.05, 3.63) is 98.9 Å². The number of hydrogen-bond acceptors (Lipinski definition) is 3. The summed E-state index contributed by atoms with van der Waals surface area (Å²) in [4.78, 5) is 17.0. The molecule has 1 N–H and O–H groups in total. The Labute approximate surface area is 180 Å². The van der Waals surface area contributed by atoms with E-state index in [1.165, 1.54) is 18.2 Å². The number of hydrogen-bond donors (Lipinski definition) is 1. The molecule has 4 nitrogen and oxygen atoms in total. The van der Waals surface area contributed by atoms with Gasteiger partial charge >= 0.3 is 0 Å². The van der Waals surface area contributed by atoms with Gasteiger partial charge in [0, 0.05) is 29.9 Å². The van der Waals surface area contributed by atoms with E-state index in [1.807, 2.05) is 12.1 Å². The lowest BCUT2D eigenvalue weighted by molar-refractivity contribution is 0.104. The minimum atomic E-state index is -1.76. The van der Waals surface area contributed by atoms with Gasteiger partial charge in [0.25, 0.3) is 0 Å². The molecule has 1 aromatic heterocycles. The smallest absolute Gasteiger partial charge is 0.205 e. The number of pyridine rings is 1. The van der Waals surface area contributed by atoms with E-state index in [-0.39, 0.29) is 9.93 Å². The topological polar surface area (TPSA) is 59.1 Å². The second-order valence-electron chi connectivity index (χ2n) is 6.48. The van der Waals surface area contributed by atoms with Crippen LogP contribution in [0.4, 0.5) is 10.1 Å². The zero-order chi connectivity index (χ0) is 21.1. The maximum absolute atomic E-state index is 13.7. The first-order valence-electron chi connectivity index (χ1n) is 8.93. The molecule has 7 heteroatoms. The van der Waals surface area contributed by atoms with E-state index in [4.69, 9.17) is 11.6 Å². The molecule has 0 saturated heterocycles. The SMILES string of the molecule is O=C1/C(=C/c2ccc(Cl)c(F)c2)S(=O)Nc2ccc(C#CCc3cccnc3)cc21. The molecule has 30 heavy (non-hydrogen) atoms. The number of nitrogens with zero attached hydrogens (tertiary/aromatic N) is 1. The third-order valence-electron chi connectivity index (χ3n) is 4.38. The summed E-state index contributed by atoms with van der Waals surface area (Å²) < 4.78 is 29.0. The standard InChI is InChI=1S/C23H14ClFN2O2S/c24-19-8-6-17(12-20(19)25)13-22-23(28)18-11-15(7-9-21(18)27-30(22)29)3-1-4-16-5-2-10-26-14-16/h2,5-14,27H,4H2/b22-13-. The number of fused-ring (bicyclic) bond motifs is 1. The number of carbonyl (C=O) groups is 1. The summed E-state index contributed by atoms with van der Waals surface area (Å²) in [6.45, 7) is 0. The molecule has 0 amide bonds. The lowest BCUT2D eigenvalue weighted by atomic mass is 10.0. The molecule has 2 heterocycles. The van der Waals surface area contributed by atoms with Gasteiger partial charge in [-0.3, -0.25) is 9.78 Å². The summed E-state index contributed by atoms with van der Waals surface area (Å²) in [5.74, 6) is 5.09. The Balaban J connectivity index is 1.62. The molecule has 0 saturated carbocycles. The van der Waals surface area contributed by atoms with Crippen LogP contribution in [0.5, 0.6) is 0 Å². The van der Waals surface area contributed by atoms with E-state index in [1.54, 1.807) is 36.7 Å². The number of halogens is 2. The number of nitrogens with one attached hydrogen (secondary N) is 1. The Morgan fingerprint density at radius 1 is 1.20 bits per heavy atom. The molecular formula is C23H14ClFN2O2S. The lowest BCUT2D eigenvalue weighted by Crippen LogP contribution is -2.22. The van der Waals surface area contributed by atoms with Gasteiger partial charge in [-0.25, -0.2) is 8.60 Å². The summed E-state index contributed by atoms with van der Waals surface area (Å²) in [5.41, 5.74) is 2.89. The minimum absolute atomic E-state index is 0.0220. The van der Waals surface area contributed by atoms with E-state index in [9.17, 15) is 13.4 Å². The minimum Gasteiger partial charge on any atom is -0.300 e. The van der Waals surface area contributed by atoms with Crippen molar-refractivity contribution in [2.45, 2.75) is 6.42 Å². The van der Waals surface area contributed by atoms with Crippen LogP contribution in [0.25, 0.3) is 6.08 Å². The number of allylic oxidation sites excluding steroid dienone is 1. The molecule has 1 aliphatic heterocycles. The number of aromatic nitrogens is 1. The zero-order valence-electron chi connectivity index (χ0n) is 15.5. The van der Waals surface area contributed by atoms with Gasteiger partial charge in [0.05, 0.1) is 10.7 Å². The number of ketones is 1. The molecule has 1 atom stereocenters. The van der Waals surface area contributed by atoms with Gasteiger partial charge in [-0.15, -0.1) is 0 Å². The highest BCUT2D eigenvalue weighted by Crippen LogP contribution is 2.30. The van der Waals surface area contributed by atoms with Crippen LogP contribution in [0.2, 0.25) is 5.02 Å². The Morgan fingerprint density at radius 2 is 2.07 bits per heavy atom. The molecule has 0 aliphatic carbocycles. The molecule has 0 spiro atoms. The number of carbonyl (C=O) groups excluding carboxylic acids is 1. The van der Waals surface area contributed by atoms with E-state index < -0.39 is 22.6 Å². The first-order chi connectivity index (χ1) is 14.5. The molecule has 4 rings (SSSR count). The van der Waals surface area contributed by atoms with Crippen LogP contribution < -0.4 is 4.72 Å². The molecule has 1 aliphatic rings. The van der Waals surface area contributed by atoms with Crippen LogP contribution in [0.1, 0.15) is 27.0 Å². The quantitative estimate of drug-likeness (QED) is 0.464. The van der Waals surface area contributed by atoms with Gasteiger partial charge in [-0.1, -0.05) is 35.6 Å². The number of anilines is 1. The van der Waals surface area contributed by atoms with Crippen molar-refractivity contribution < 1.29 is 13.4 Å². The Hall–Kier alpha value is -3.27. The van der Waals surface area contributed by atoms with Gasteiger partial charge in [0.1, 0.15) is 10.7 Å². The Bertz CT molecular complexity index is 1260. The zero-order valence-corrected chi connectivity index (χ0v) is 17.1. The highest BCUT2D eigenvalue weighted by molar-refractivity contribution is 7.91. The van der Waals surface area contributed by atoms with Crippen molar-refractivity contribution in [3.63, 3.8) is 0 Å². The number of benzene rings is 2. The van der Waals surface area contributed by atoms with Crippen LogP contribution in [-0.4, -0.2) is 15.0 Å². The molecule has 0 fully saturated rings. The molecule has 0 bridgehead atoms. The fourth-order valence-corrected chi connectivity index (χ4v) is 4.02. The fourth-order valence-electron chi connectivity index (χ4n) is 2.89. The van der Waals surface area contributed by atoms with Gasteiger partial charge in [-0.05, 0) is 53.6 Å². The maximum Gasteiger partial charge on any atom is 0.205 e.